The van der Waals surface area contributed by atoms with E-state index < -0.39 is 5.41 Å². The molecule has 0 aromatic carbocycles. The van der Waals surface area contributed by atoms with Crippen molar-refractivity contribution in [3.05, 3.63) is 0 Å². The number of nitrogens with zero attached hydrogens (tertiary/aromatic N) is 1. The summed E-state index contributed by atoms with van der Waals surface area (Å²) in [6.45, 7) is 5.53. The van der Waals surface area contributed by atoms with Gasteiger partial charge in [-0.2, -0.15) is 5.26 Å². The van der Waals surface area contributed by atoms with Crippen LogP contribution in [-0.2, 0) is 4.79 Å². The first kappa shape index (κ1) is 13.0. The van der Waals surface area contributed by atoms with Crippen molar-refractivity contribution in [2.24, 2.45) is 11.3 Å². The minimum atomic E-state index is -0.911. The predicted octanol–water partition coefficient (Wildman–Crippen LogP) is 2.62. The van der Waals surface area contributed by atoms with Crippen molar-refractivity contribution < 1.29 is 4.79 Å². The van der Waals surface area contributed by atoms with Gasteiger partial charge >= 0.3 is 0 Å². The highest BCUT2D eigenvalue weighted by Gasteiger charge is 2.30. The largest absolute Gasteiger partial charge is 0.352 e. The molecule has 1 rings (SSSR count). The van der Waals surface area contributed by atoms with E-state index in [9.17, 15) is 4.79 Å². The number of carbonyl (C=O) groups excluding carboxylic acids is 1. The van der Waals surface area contributed by atoms with Gasteiger partial charge in [0, 0.05) is 6.04 Å². The maximum absolute atomic E-state index is 11.9. The van der Waals surface area contributed by atoms with Crippen LogP contribution in [-0.4, -0.2) is 11.9 Å². The third kappa shape index (κ3) is 3.23. The Morgan fingerprint density at radius 2 is 1.94 bits per heavy atom. The van der Waals surface area contributed by atoms with Gasteiger partial charge in [-0.3, -0.25) is 4.79 Å². The normalized spacial score (nSPS) is 26.6. The van der Waals surface area contributed by atoms with Crippen molar-refractivity contribution in [2.45, 2.75) is 58.9 Å². The molecular formula is C13H22N2O. The van der Waals surface area contributed by atoms with Crippen LogP contribution >= 0.6 is 0 Å². The topological polar surface area (TPSA) is 52.9 Å². The number of amides is 1. The molecule has 0 heterocycles. The van der Waals surface area contributed by atoms with Crippen LogP contribution in [0.3, 0.4) is 0 Å². The van der Waals surface area contributed by atoms with Gasteiger partial charge in [0.1, 0.15) is 5.41 Å². The second-order valence-electron chi connectivity index (χ2n) is 5.43. The van der Waals surface area contributed by atoms with Gasteiger partial charge in [-0.25, -0.2) is 0 Å². The summed E-state index contributed by atoms with van der Waals surface area (Å²) in [6, 6.07) is 2.30. The predicted molar refractivity (Wildman–Crippen MR) is 63.6 cm³/mol. The quantitative estimate of drug-likeness (QED) is 0.730. The third-order valence-electron chi connectivity index (χ3n) is 3.53. The fraction of sp³-hybridized carbons (Fsp3) is 0.846. The minimum absolute atomic E-state index is 0.131. The monoisotopic (exact) mass is 222 g/mol. The molecule has 3 nitrogen and oxygen atoms in total. The maximum atomic E-state index is 11.9. The number of hydrogen-bond donors (Lipinski definition) is 1. The fourth-order valence-corrected chi connectivity index (χ4v) is 2.11. The molecule has 1 fully saturated rings. The lowest BCUT2D eigenvalue weighted by atomic mass is 9.91. The molecule has 1 amide bonds. The maximum Gasteiger partial charge on any atom is 0.240 e. The number of nitriles is 1. The Labute approximate surface area is 98.2 Å². The molecular weight excluding hydrogens is 200 g/mol. The highest BCUT2D eigenvalue weighted by molar-refractivity contribution is 5.84. The fourth-order valence-electron chi connectivity index (χ4n) is 2.11. The van der Waals surface area contributed by atoms with E-state index in [0.29, 0.717) is 5.92 Å². The Bertz CT molecular complexity index is 291. The zero-order valence-corrected chi connectivity index (χ0v) is 10.5. The Morgan fingerprint density at radius 1 is 1.31 bits per heavy atom. The van der Waals surface area contributed by atoms with Crippen LogP contribution in [0, 0.1) is 22.7 Å². The summed E-state index contributed by atoms with van der Waals surface area (Å²) in [6.07, 6.45) is 5.93. The van der Waals surface area contributed by atoms with Crippen LogP contribution in [0.15, 0.2) is 0 Å². The molecule has 3 heteroatoms. The third-order valence-corrected chi connectivity index (χ3v) is 3.53. The number of carbonyl (C=O) groups is 1. The van der Waals surface area contributed by atoms with Crippen molar-refractivity contribution in [1.82, 2.24) is 5.32 Å². The minimum Gasteiger partial charge on any atom is -0.352 e. The molecule has 90 valence electrons. The van der Waals surface area contributed by atoms with Crippen LogP contribution < -0.4 is 5.32 Å². The Hall–Kier alpha value is -1.04. The molecule has 0 saturated heterocycles. The highest BCUT2D eigenvalue weighted by atomic mass is 16.2. The van der Waals surface area contributed by atoms with Crippen molar-refractivity contribution >= 4 is 5.91 Å². The number of rotatable bonds is 2. The van der Waals surface area contributed by atoms with Crippen LogP contribution in [0.1, 0.15) is 52.9 Å². The van der Waals surface area contributed by atoms with Gasteiger partial charge in [-0.05, 0) is 32.6 Å². The molecule has 0 radical (unpaired) electrons. The molecule has 1 N–H and O–H groups in total. The molecule has 2 unspecified atom stereocenters. The molecule has 2 atom stereocenters. The zero-order valence-electron chi connectivity index (χ0n) is 10.5. The summed E-state index contributed by atoms with van der Waals surface area (Å²) in [5.41, 5.74) is -0.911. The lowest BCUT2D eigenvalue weighted by molar-refractivity contribution is -0.127. The molecule has 1 aliphatic rings. The Morgan fingerprint density at radius 3 is 2.56 bits per heavy atom. The van der Waals surface area contributed by atoms with Crippen LogP contribution in [0.25, 0.3) is 0 Å². The second-order valence-corrected chi connectivity index (χ2v) is 5.43. The van der Waals surface area contributed by atoms with E-state index in [2.05, 4.69) is 12.2 Å². The molecule has 0 bridgehead atoms. The van der Waals surface area contributed by atoms with E-state index in [4.69, 9.17) is 5.26 Å². The van der Waals surface area contributed by atoms with E-state index in [0.717, 1.165) is 6.42 Å². The smallest absolute Gasteiger partial charge is 0.240 e. The summed E-state index contributed by atoms with van der Waals surface area (Å²) < 4.78 is 0. The summed E-state index contributed by atoms with van der Waals surface area (Å²) in [5, 5.41) is 11.9. The van der Waals surface area contributed by atoms with E-state index in [1.807, 2.05) is 6.07 Å². The van der Waals surface area contributed by atoms with Crippen LogP contribution in [0.5, 0.6) is 0 Å². The average molecular weight is 222 g/mol. The summed E-state index contributed by atoms with van der Waals surface area (Å²) in [5.74, 6) is 0.398. The molecule has 1 saturated carbocycles. The first-order valence-electron chi connectivity index (χ1n) is 6.19. The molecule has 1 aliphatic carbocycles. The van der Waals surface area contributed by atoms with Gasteiger partial charge in [0.2, 0.25) is 5.91 Å². The number of hydrogen-bond acceptors (Lipinski definition) is 2. The van der Waals surface area contributed by atoms with Gasteiger partial charge in [-0.15, -0.1) is 0 Å². The van der Waals surface area contributed by atoms with E-state index in [-0.39, 0.29) is 11.9 Å². The lowest BCUT2D eigenvalue weighted by Crippen LogP contribution is -2.44. The number of nitrogens with one attached hydrogen (secondary N) is 1. The first-order chi connectivity index (χ1) is 7.47. The van der Waals surface area contributed by atoms with E-state index in [1.165, 1.54) is 25.7 Å². The molecule has 0 aromatic rings. The van der Waals surface area contributed by atoms with Crippen molar-refractivity contribution in [3.63, 3.8) is 0 Å². The standard InChI is InChI=1S/C13H22N2O/c1-10-7-5-4-6-8-11(10)15-12(16)13(2,3)9-14/h10-11H,4-8H2,1-3H3,(H,15,16). The van der Waals surface area contributed by atoms with Gasteiger partial charge in [0.15, 0.2) is 0 Å². The van der Waals surface area contributed by atoms with E-state index in [1.54, 1.807) is 13.8 Å². The van der Waals surface area contributed by atoms with Gasteiger partial charge in [0.25, 0.3) is 0 Å². The van der Waals surface area contributed by atoms with Crippen LogP contribution in [0.2, 0.25) is 0 Å². The van der Waals surface area contributed by atoms with Gasteiger partial charge < -0.3 is 5.32 Å². The first-order valence-corrected chi connectivity index (χ1v) is 6.19. The van der Waals surface area contributed by atoms with Gasteiger partial charge in [-0.1, -0.05) is 26.2 Å². The summed E-state index contributed by atoms with van der Waals surface area (Å²) in [4.78, 5) is 11.9. The SMILES string of the molecule is CC1CCCCCC1NC(=O)C(C)(C)C#N. The Kier molecular flexibility index (Phi) is 4.35. The Balaban J connectivity index is 2.59. The van der Waals surface area contributed by atoms with Crippen LogP contribution in [0.4, 0.5) is 0 Å². The molecule has 16 heavy (non-hydrogen) atoms. The second kappa shape index (κ2) is 5.34. The van der Waals surface area contributed by atoms with Gasteiger partial charge in [0.05, 0.1) is 6.07 Å². The van der Waals surface area contributed by atoms with Crippen molar-refractivity contribution in [2.75, 3.05) is 0 Å². The van der Waals surface area contributed by atoms with Crippen molar-refractivity contribution in [3.8, 4) is 6.07 Å². The zero-order chi connectivity index (χ0) is 12.2. The molecule has 0 aromatic heterocycles. The average Bonchev–Trinajstić information content (AvgIpc) is 2.44. The highest BCUT2D eigenvalue weighted by Crippen LogP contribution is 2.24. The summed E-state index contributed by atoms with van der Waals surface area (Å²) >= 11 is 0. The lowest BCUT2D eigenvalue weighted by Gasteiger charge is -2.26. The molecule has 0 spiro atoms. The van der Waals surface area contributed by atoms with Crippen molar-refractivity contribution in [1.29, 1.82) is 5.26 Å². The summed E-state index contributed by atoms with van der Waals surface area (Å²) in [7, 11) is 0. The van der Waals surface area contributed by atoms with E-state index >= 15 is 0 Å². The molecule has 0 aliphatic heterocycles.